The van der Waals surface area contributed by atoms with Crippen LogP contribution in [0.3, 0.4) is 0 Å². The molecule has 0 saturated carbocycles. The number of nitrogens with zero attached hydrogens (tertiary/aromatic N) is 4. The van der Waals surface area contributed by atoms with Crippen LogP contribution in [-0.2, 0) is 0 Å². The van der Waals surface area contributed by atoms with Crippen LogP contribution in [-0.4, -0.2) is 32.4 Å². The number of aromatic hydroxyl groups is 1. The van der Waals surface area contributed by atoms with Gasteiger partial charge in [0.1, 0.15) is 0 Å². The smallest absolute Gasteiger partial charge is 0.278 e. The Labute approximate surface area is 170 Å². The Morgan fingerprint density at radius 3 is 2.72 bits per heavy atom. The van der Waals surface area contributed by atoms with E-state index in [4.69, 9.17) is 11.6 Å². The molecule has 0 aliphatic carbocycles. The van der Waals surface area contributed by atoms with Crippen LogP contribution >= 0.6 is 11.6 Å². The minimum atomic E-state index is -0.789. The van der Waals surface area contributed by atoms with Crippen LogP contribution < -0.4 is 10.2 Å². The summed E-state index contributed by atoms with van der Waals surface area (Å²) in [6, 6.07) is 12.3. The van der Waals surface area contributed by atoms with Gasteiger partial charge in [0, 0.05) is 41.9 Å². The van der Waals surface area contributed by atoms with Crippen LogP contribution in [0, 0.1) is 5.82 Å². The zero-order valence-electron chi connectivity index (χ0n) is 15.2. The molecule has 7 nitrogen and oxygen atoms in total. The molecule has 4 rings (SSSR count). The topological polar surface area (TPSA) is 82.8 Å². The molecule has 0 fully saturated rings. The molecule has 0 unspecified atom stereocenters. The minimum absolute atomic E-state index is 0.208. The summed E-state index contributed by atoms with van der Waals surface area (Å²) < 4.78 is 15.3. The highest BCUT2D eigenvalue weighted by Gasteiger charge is 2.24. The minimum Gasteiger partial charge on any atom is -0.505 e. The largest absolute Gasteiger partial charge is 0.505 e. The Balaban J connectivity index is 1.77. The van der Waals surface area contributed by atoms with E-state index in [-0.39, 0.29) is 17.4 Å². The van der Waals surface area contributed by atoms with Crippen molar-refractivity contribution in [3.05, 3.63) is 77.5 Å². The predicted molar refractivity (Wildman–Crippen MR) is 109 cm³/mol. The number of benzene rings is 2. The zero-order valence-corrected chi connectivity index (χ0v) is 15.9. The van der Waals surface area contributed by atoms with Gasteiger partial charge in [0.25, 0.3) is 5.91 Å². The first kappa shape index (κ1) is 18.7. The maximum Gasteiger partial charge on any atom is 0.278 e. The molecule has 9 heteroatoms. The van der Waals surface area contributed by atoms with E-state index in [1.165, 1.54) is 17.0 Å². The van der Waals surface area contributed by atoms with Crippen molar-refractivity contribution in [2.45, 2.75) is 0 Å². The number of amides is 1. The number of imidazole rings is 1. The quantitative estimate of drug-likeness (QED) is 0.490. The molecule has 4 aromatic rings. The highest BCUT2D eigenvalue weighted by atomic mass is 35.5. The van der Waals surface area contributed by atoms with Gasteiger partial charge in [-0.1, -0.05) is 11.6 Å². The Morgan fingerprint density at radius 2 is 2.00 bits per heavy atom. The number of hydrogen-bond acceptors (Lipinski definition) is 5. The van der Waals surface area contributed by atoms with Crippen molar-refractivity contribution >= 4 is 40.5 Å². The fourth-order valence-electron chi connectivity index (χ4n) is 2.84. The fraction of sp³-hybridized carbons (Fsp3) is 0.0500. The van der Waals surface area contributed by atoms with Gasteiger partial charge in [-0.3, -0.25) is 9.20 Å². The maximum atomic E-state index is 13.7. The molecule has 2 aromatic carbocycles. The Morgan fingerprint density at radius 1 is 1.24 bits per heavy atom. The average molecular weight is 412 g/mol. The average Bonchev–Trinajstić information content (AvgIpc) is 3.08. The second kappa shape index (κ2) is 7.40. The Hall–Kier alpha value is -3.65. The van der Waals surface area contributed by atoms with Crippen molar-refractivity contribution in [3.63, 3.8) is 0 Å². The third kappa shape index (κ3) is 3.57. The van der Waals surface area contributed by atoms with Crippen molar-refractivity contribution in [2.75, 3.05) is 17.3 Å². The van der Waals surface area contributed by atoms with Crippen LogP contribution in [0.4, 0.5) is 21.6 Å². The molecule has 0 saturated heterocycles. The summed E-state index contributed by atoms with van der Waals surface area (Å²) in [5, 5.41) is 12.9. The van der Waals surface area contributed by atoms with Gasteiger partial charge < -0.3 is 15.3 Å². The summed E-state index contributed by atoms with van der Waals surface area (Å²) >= 11 is 5.93. The van der Waals surface area contributed by atoms with Crippen molar-refractivity contribution < 1.29 is 14.3 Å². The number of anilines is 3. The molecule has 146 valence electrons. The SMILES string of the molecule is CN(C(=O)c1c(Nc2ccc(O)c(F)c2)nc2ncccn12)c1ccc(Cl)cc1. The molecule has 29 heavy (non-hydrogen) atoms. The van der Waals surface area contributed by atoms with Gasteiger partial charge >= 0.3 is 0 Å². The lowest BCUT2D eigenvalue weighted by Crippen LogP contribution is -2.28. The van der Waals surface area contributed by atoms with Crippen LogP contribution in [0.15, 0.2) is 60.9 Å². The van der Waals surface area contributed by atoms with Crippen molar-refractivity contribution in [1.82, 2.24) is 14.4 Å². The molecule has 0 radical (unpaired) electrons. The molecule has 0 spiro atoms. The van der Waals surface area contributed by atoms with Gasteiger partial charge in [0.05, 0.1) is 0 Å². The lowest BCUT2D eigenvalue weighted by Gasteiger charge is -2.18. The molecule has 2 heterocycles. The number of aromatic nitrogens is 3. The standard InChI is InChI=1S/C20H15ClFN5O2/c1-26(14-6-3-12(21)4-7-14)19(29)17-18(25-20-23-9-2-10-27(17)20)24-13-5-8-16(28)15(22)11-13/h2-11,24,28H,1H3. The predicted octanol–water partition coefficient (Wildman–Crippen LogP) is 4.25. The molecular weight excluding hydrogens is 397 g/mol. The first-order valence-corrected chi connectivity index (χ1v) is 8.94. The maximum absolute atomic E-state index is 13.7. The summed E-state index contributed by atoms with van der Waals surface area (Å²) in [6.07, 6.45) is 3.23. The number of phenols is 1. The highest BCUT2D eigenvalue weighted by molar-refractivity contribution is 6.30. The number of hydrogen-bond donors (Lipinski definition) is 2. The van der Waals surface area contributed by atoms with Gasteiger partial charge in [0.2, 0.25) is 5.78 Å². The highest BCUT2D eigenvalue weighted by Crippen LogP contribution is 2.27. The molecule has 0 aliphatic heterocycles. The number of carbonyl (C=O) groups excluding carboxylic acids is 1. The monoisotopic (exact) mass is 411 g/mol. The van der Waals surface area contributed by atoms with E-state index in [1.54, 1.807) is 54.2 Å². The van der Waals surface area contributed by atoms with Crippen molar-refractivity contribution in [3.8, 4) is 5.75 Å². The molecule has 2 N–H and O–H groups in total. The van der Waals surface area contributed by atoms with Gasteiger partial charge in [-0.15, -0.1) is 0 Å². The van der Waals surface area contributed by atoms with E-state index in [1.807, 2.05) is 0 Å². The summed E-state index contributed by atoms with van der Waals surface area (Å²) in [6.45, 7) is 0. The first-order chi connectivity index (χ1) is 13.9. The van der Waals surface area contributed by atoms with Crippen LogP contribution in [0.1, 0.15) is 10.5 Å². The molecule has 1 amide bonds. The third-order valence-electron chi connectivity index (χ3n) is 4.34. The number of rotatable bonds is 4. The number of fused-ring (bicyclic) bond motifs is 1. The van der Waals surface area contributed by atoms with Crippen LogP contribution in [0.2, 0.25) is 5.02 Å². The van der Waals surface area contributed by atoms with Crippen molar-refractivity contribution in [2.24, 2.45) is 0 Å². The first-order valence-electron chi connectivity index (χ1n) is 8.56. The van der Waals surface area contributed by atoms with E-state index >= 15 is 0 Å². The lowest BCUT2D eigenvalue weighted by molar-refractivity contribution is 0.0988. The lowest BCUT2D eigenvalue weighted by atomic mass is 10.2. The number of nitrogens with one attached hydrogen (secondary N) is 1. The number of phenolic OH excluding ortho intramolecular Hbond substituents is 1. The van der Waals surface area contributed by atoms with Gasteiger partial charge in [0.15, 0.2) is 23.1 Å². The van der Waals surface area contributed by atoms with Crippen molar-refractivity contribution in [1.29, 1.82) is 0 Å². The van der Waals surface area contributed by atoms with E-state index in [0.29, 0.717) is 22.2 Å². The van der Waals surface area contributed by atoms with Gasteiger partial charge in [-0.2, -0.15) is 4.98 Å². The zero-order chi connectivity index (χ0) is 20.5. The van der Waals surface area contributed by atoms with Crippen LogP contribution in [0.5, 0.6) is 5.75 Å². The van der Waals surface area contributed by atoms with E-state index in [0.717, 1.165) is 6.07 Å². The Bertz CT molecular complexity index is 1210. The molecule has 0 atom stereocenters. The number of halogens is 2. The molecule has 0 bridgehead atoms. The summed E-state index contributed by atoms with van der Waals surface area (Å²) in [5.74, 6) is -1.09. The number of carbonyl (C=O) groups is 1. The molecule has 2 aromatic heterocycles. The molecular formula is C20H15ClFN5O2. The third-order valence-corrected chi connectivity index (χ3v) is 4.59. The second-order valence-electron chi connectivity index (χ2n) is 6.23. The fourth-order valence-corrected chi connectivity index (χ4v) is 2.97. The van der Waals surface area contributed by atoms with E-state index < -0.39 is 11.6 Å². The summed E-state index contributed by atoms with van der Waals surface area (Å²) in [5.41, 5.74) is 1.19. The van der Waals surface area contributed by atoms with E-state index in [2.05, 4.69) is 15.3 Å². The van der Waals surface area contributed by atoms with Gasteiger partial charge in [-0.25, -0.2) is 9.37 Å². The summed E-state index contributed by atoms with van der Waals surface area (Å²) in [7, 11) is 1.63. The second-order valence-corrected chi connectivity index (χ2v) is 6.67. The summed E-state index contributed by atoms with van der Waals surface area (Å²) in [4.78, 5) is 23.3. The molecule has 0 aliphatic rings. The van der Waals surface area contributed by atoms with E-state index in [9.17, 15) is 14.3 Å². The Kier molecular flexibility index (Phi) is 4.77. The van der Waals surface area contributed by atoms with Gasteiger partial charge in [-0.05, 0) is 42.5 Å². The normalized spacial score (nSPS) is 10.9. The van der Waals surface area contributed by atoms with Crippen LogP contribution in [0.25, 0.3) is 5.78 Å².